The van der Waals surface area contributed by atoms with E-state index in [0.717, 1.165) is 16.7 Å². The summed E-state index contributed by atoms with van der Waals surface area (Å²) in [5.41, 5.74) is 3.12. The highest BCUT2D eigenvalue weighted by Crippen LogP contribution is 2.19. The standard InChI is InChI=1S/C21H24N2O4S/c24-20(23-19-11-13-28(26,27)15-19)10-12-22-21(25)14-16-6-8-18(9-7-16)17-4-2-1-3-5-17/h1-9,19H,10-15H2,(H,22,25)(H,23,24). The molecule has 148 valence electrons. The van der Waals surface area contributed by atoms with Crippen molar-refractivity contribution in [2.24, 2.45) is 0 Å². The first-order chi connectivity index (χ1) is 13.4. The molecule has 2 N–H and O–H groups in total. The highest BCUT2D eigenvalue weighted by atomic mass is 32.2. The van der Waals surface area contributed by atoms with Gasteiger partial charge in [0.2, 0.25) is 11.8 Å². The number of hydrogen-bond donors (Lipinski definition) is 2. The number of rotatable bonds is 7. The number of amides is 2. The molecule has 1 atom stereocenters. The average molecular weight is 401 g/mol. The lowest BCUT2D eigenvalue weighted by atomic mass is 10.0. The highest BCUT2D eigenvalue weighted by molar-refractivity contribution is 7.91. The van der Waals surface area contributed by atoms with Crippen LogP contribution < -0.4 is 10.6 Å². The van der Waals surface area contributed by atoms with Crippen LogP contribution in [0.15, 0.2) is 54.6 Å². The molecule has 7 heteroatoms. The van der Waals surface area contributed by atoms with E-state index in [-0.39, 0.29) is 48.7 Å². The summed E-state index contributed by atoms with van der Waals surface area (Å²) in [5.74, 6) is -0.264. The van der Waals surface area contributed by atoms with E-state index in [9.17, 15) is 18.0 Å². The van der Waals surface area contributed by atoms with Gasteiger partial charge in [-0.25, -0.2) is 8.42 Å². The molecular formula is C21H24N2O4S. The maximum absolute atomic E-state index is 12.1. The first-order valence-electron chi connectivity index (χ1n) is 9.32. The fraction of sp³-hybridized carbons (Fsp3) is 0.333. The lowest BCUT2D eigenvalue weighted by molar-refractivity contribution is -0.122. The van der Waals surface area contributed by atoms with E-state index in [0.29, 0.717) is 6.42 Å². The van der Waals surface area contributed by atoms with Crippen molar-refractivity contribution in [2.45, 2.75) is 25.3 Å². The van der Waals surface area contributed by atoms with Gasteiger partial charge < -0.3 is 10.6 Å². The third-order valence-corrected chi connectivity index (χ3v) is 6.47. The third kappa shape index (κ3) is 5.92. The highest BCUT2D eigenvalue weighted by Gasteiger charge is 2.28. The summed E-state index contributed by atoms with van der Waals surface area (Å²) in [6.45, 7) is 0.228. The molecule has 2 amide bonds. The lowest BCUT2D eigenvalue weighted by Gasteiger charge is -2.11. The van der Waals surface area contributed by atoms with E-state index in [1.54, 1.807) is 0 Å². The molecule has 0 saturated carbocycles. The second-order valence-electron chi connectivity index (χ2n) is 7.01. The summed E-state index contributed by atoms with van der Waals surface area (Å²) in [5, 5.41) is 5.44. The Morgan fingerprint density at radius 2 is 1.61 bits per heavy atom. The molecule has 2 aromatic carbocycles. The summed E-state index contributed by atoms with van der Waals surface area (Å²) < 4.78 is 22.8. The Hall–Kier alpha value is -2.67. The third-order valence-electron chi connectivity index (χ3n) is 4.70. The SMILES string of the molecule is O=C(Cc1ccc(-c2ccccc2)cc1)NCCC(=O)NC1CCS(=O)(=O)C1. The van der Waals surface area contributed by atoms with Crippen LogP contribution in [0, 0.1) is 0 Å². The van der Waals surface area contributed by atoms with E-state index in [4.69, 9.17) is 0 Å². The first kappa shape index (κ1) is 20.1. The predicted molar refractivity (Wildman–Crippen MR) is 108 cm³/mol. The van der Waals surface area contributed by atoms with Crippen molar-refractivity contribution in [3.63, 3.8) is 0 Å². The van der Waals surface area contributed by atoms with Gasteiger partial charge in [0.15, 0.2) is 9.84 Å². The van der Waals surface area contributed by atoms with Crippen LogP contribution in [0.3, 0.4) is 0 Å². The van der Waals surface area contributed by atoms with Crippen molar-refractivity contribution in [3.05, 3.63) is 60.2 Å². The average Bonchev–Trinajstić information content (AvgIpc) is 3.01. The van der Waals surface area contributed by atoms with Gasteiger partial charge in [-0.1, -0.05) is 54.6 Å². The van der Waals surface area contributed by atoms with Crippen molar-refractivity contribution in [1.29, 1.82) is 0 Å². The second-order valence-corrected chi connectivity index (χ2v) is 9.24. The quantitative estimate of drug-likeness (QED) is 0.740. The molecule has 0 spiro atoms. The van der Waals surface area contributed by atoms with Crippen LogP contribution in [0.2, 0.25) is 0 Å². The normalized spacial score (nSPS) is 17.8. The largest absolute Gasteiger partial charge is 0.355 e. The van der Waals surface area contributed by atoms with E-state index in [1.165, 1.54) is 0 Å². The Morgan fingerprint density at radius 1 is 0.929 bits per heavy atom. The van der Waals surface area contributed by atoms with Gasteiger partial charge in [-0.15, -0.1) is 0 Å². The molecule has 1 fully saturated rings. The van der Waals surface area contributed by atoms with Gasteiger partial charge in [-0.2, -0.15) is 0 Å². The fourth-order valence-corrected chi connectivity index (χ4v) is 4.89. The minimum atomic E-state index is -3.02. The van der Waals surface area contributed by atoms with E-state index in [2.05, 4.69) is 10.6 Å². The van der Waals surface area contributed by atoms with Gasteiger partial charge >= 0.3 is 0 Å². The van der Waals surface area contributed by atoms with Crippen molar-refractivity contribution < 1.29 is 18.0 Å². The van der Waals surface area contributed by atoms with Crippen LogP contribution >= 0.6 is 0 Å². The number of carbonyl (C=O) groups excluding carboxylic acids is 2. The van der Waals surface area contributed by atoms with E-state index in [1.807, 2.05) is 54.6 Å². The minimum Gasteiger partial charge on any atom is -0.355 e. The van der Waals surface area contributed by atoms with Gasteiger partial charge in [0, 0.05) is 19.0 Å². The number of hydrogen-bond acceptors (Lipinski definition) is 4. The molecule has 1 saturated heterocycles. The molecule has 3 rings (SSSR count). The van der Waals surface area contributed by atoms with Crippen LogP contribution in [0.5, 0.6) is 0 Å². The van der Waals surface area contributed by atoms with Crippen LogP contribution in [0.4, 0.5) is 0 Å². The monoisotopic (exact) mass is 400 g/mol. The van der Waals surface area contributed by atoms with Gasteiger partial charge in [-0.05, 0) is 23.1 Å². The second kappa shape index (κ2) is 9.01. The zero-order valence-corrected chi connectivity index (χ0v) is 16.4. The van der Waals surface area contributed by atoms with Gasteiger partial charge in [0.1, 0.15) is 0 Å². The Kier molecular flexibility index (Phi) is 6.46. The molecule has 6 nitrogen and oxygen atoms in total. The smallest absolute Gasteiger partial charge is 0.224 e. The molecule has 0 aliphatic carbocycles. The molecule has 1 unspecified atom stereocenters. The van der Waals surface area contributed by atoms with E-state index < -0.39 is 9.84 Å². The molecule has 1 aliphatic heterocycles. The van der Waals surface area contributed by atoms with Gasteiger partial charge in [0.05, 0.1) is 17.9 Å². The number of carbonyl (C=O) groups is 2. The zero-order chi connectivity index (χ0) is 20.0. The van der Waals surface area contributed by atoms with E-state index >= 15 is 0 Å². The Bertz CT molecular complexity index is 925. The maximum Gasteiger partial charge on any atom is 0.224 e. The Labute approximate surface area is 165 Å². The van der Waals surface area contributed by atoms with Crippen molar-refractivity contribution in [2.75, 3.05) is 18.1 Å². The predicted octanol–water partition coefficient (Wildman–Crippen LogP) is 1.71. The van der Waals surface area contributed by atoms with Crippen molar-refractivity contribution >= 4 is 21.7 Å². The van der Waals surface area contributed by atoms with Crippen molar-refractivity contribution in [1.82, 2.24) is 10.6 Å². The molecule has 0 radical (unpaired) electrons. The summed E-state index contributed by atoms with van der Waals surface area (Å²) in [4.78, 5) is 23.9. The van der Waals surface area contributed by atoms with Crippen LogP contribution in [-0.2, 0) is 25.8 Å². The summed E-state index contributed by atoms with van der Waals surface area (Å²) >= 11 is 0. The molecule has 28 heavy (non-hydrogen) atoms. The fourth-order valence-electron chi connectivity index (χ4n) is 3.22. The molecule has 1 aliphatic rings. The zero-order valence-electron chi connectivity index (χ0n) is 15.6. The molecule has 2 aromatic rings. The summed E-state index contributed by atoms with van der Waals surface area (Å²) in [6, 6.07) is 17.5. The first-order valence-corrected chi connectivity index (χ1v) is 11.1. The molecule has 0 bridgehead atoms. The topological polar surface area (TPSA) is 92.3 Å². The molecule has 0 aromatic heterocycles. The maximum atomic E-state index is 12.1. The number of sulfone groups is 1. The lowest BCUT2D eigenvalue weighted by Crippen LogP contribution is -2.37. The number of benzene rings is 2. The van der Waals surface area contributed by atoms with Crippen molar-refractivity contribution in [3.8, 4) is 11.1 Å². The van der Waals surface area contributed by atoms with Crippen LogP contribution in [-0.4, -0.2) is 44.3 Å². The molecular weight excluding hydrogens is 376 g/mol. The minimum absolute atomic E-state index is 0.00404. The van der Waals surface area contributed by atoms with Crippen LogP contribution in [0.1, 0.15) is 18.4 Å². The number of nitrogens with one attached hydrogen (secondary N) is 2. The Morgan fingerprint density at radius 3 is 2.25 bits per heavy atom. The summed E-state index contributed by atoms with van der Waals surface area (Å²) in [6.07, 6.45) is 0.839. The Balaban J connectivity index is 1.39. The summed E-state index contributed by atoms with van der Waals surface area (Å²) in [7, 11) is -3.02. The van der Waals surface area contributed by atoms with Gasteiger partial charge in [-0.3, -0.25) is 9.59 Å². The van der Waals surface area contributed by atoms with Gasteiger partial charge in [0.25, 0.3) is 0 Å². The van der Waals surface area contributed by atoms with Crippen LogP contribution in [0.25, 0.3) is 11.1 Å². The molecule has 1 heterocycles.